The van der Waals surface area contributed by atoms with E-state index >= 15 is 0 Å². The van der Waals surface area contributed by atoms with E-state index in [-0.39, 0.29) is 17.9 Å². The van der Waals surface area contributed by atoms with E-state index < -0.39 is 5.82 Å². The van der Waals surface area contributed by atoms with E-state index in [0.29, 0.717) is 16.1 Å². The average Bonchev–Trinajstić information content (AvgIpc) is 2.46. The monoisotopic (exact) mass is 286 g/mol. The lowest BCUT2D eigenvalue weighted by molar-refractivity contribution is 0.299. The van der Waals surface area contributed by atoms with Crippen molar-refractivity contribution in [2.45, 2.75) is 6.61 Å². The topological polar surface area (TPSA) is 56.8 Å². The van der Waals surface area contributed by atoms with Gasteiger partial charge in [-0.2, -0.15) is 10.5 Å². The second kappa shape index (κ2) is 6.06. The summed E-state index contributed by atoms with van der Waals surface area (Å²) in [6.45, 7) is -0.0869. The van der Waals surface area contributed by atoms with E-state index in [0.717, 1.165) is 0 Å². The molecule has 0 aromatic heterocycles. The van der Waals surface area contributed by atoms with Crippen LogP contribution in [-0.4, -0.2) is 0 Å². The minimum absolute atomic E-state index is 0.0869. The highest BCUT2D eigenvalue weighted by molar-refractivity contribution is 6.30. The van der Waals surface area contributed by atoms with Crippen LogP contribution in [0.15, 0.2) is 36.4 Å². The Morgan fingerprint density at radius 1 is 1.10 bits per heavy atom. The van der Waals surface area contributed by atoms with Crippen LogP contribution >= 0.6 is 11.6 Å². The van der Waals surface area contributed by atoms with Gasteiger partial charge in [0.05, 0.1) is 17.2 Å². The van der Waals surface area contributed by atoms with Crippen molar-refractivity contribution in [3.8, 4) is 17.9 Å². The van der Waals surface area contributed by atoms with Gasteiger partial charge in [-0.3, -0.25) is 0 Å². The maximum atomic E-state index is 13.6. The van der Waals surface area contributed by atoms with E-state index in [1.54, 1.807) is 6.07 Å². The molecule has 0 unspecified atom stereocenters. The first-order valence-corrected chi connectivity index (χ1v) is 6.03. The molecule has 0 saturated carbocycles. The minimum atomic E-state index is -0.468. The third-order valence-corrected chi connectivity index (χ3v) is 2.86. The number of halogens is 2. The predicted octanol–water partition coefficient (Wildman–Crippen LogP) is 3.80. The van der Waals surface area contributed by atoms with Crippen molar-refractivity contribution in [3.63, 3.8) is 0 Å². The Morgan fingerprint density at radius 2 is 1.90 bits per heavy atom. The largest absolute Gasteiger partial charge is 0.487 e. The average molecular weight is 287 g/mol. The zero-order chi connectivity index (χ0) is 14.5. The summed E-state index contributed by atoms with van der Waals surface area (Å²) in [6.07, 6.45) is 0. The summed E-state index contributed by atoms with van der Waals surface area (Å²) >= 11 is 5.83. The standard InChI is InChI=1S/C15H8ClFN2O/c16-13-3-2-11(8-19)15(6-13)20-9-12-5-10(7-18)1-4-14(12)17/h1-6H,9H2. The number of nitrogens with zero attached hydrogens (tertiary/aromatic N) is 2. The molecule has 0 saturated heterocycles. The summed E-state index contributed by atoms with van der Waals surface area (Å²) in [7, 11) is 0. The molecule has 0 N–H and O–H groups in total. The van der Waals surface area contributed by atoms with Crippen LogP contribution in [0.3, 0.4) is 0 Å². The molecule has 0 spiro atoms. The fourth-order valence-corrected chi connectivity index (χ4v) is 1.78. The molecule has 0 aliphatic rings. The third-order valence-electron chi connectivity index (χ3n) is 2.62. The van der Waals surface area contributed by atoms with Gasteiger partial charge in [-0.15, -0.1) is 0 Å². The first-order chi connectivity index (χ1) is 9.63. The van der Waals surface area contributed by atoms with Crippen molar-refractivity contribution in [1.82, 2.24) is 0 Å². The molecule has 2 aromatic carbocycles. The van der Waals surface area contributed by atoms with Gasteiger partial charge < -0.3 is 4.74 Å². The Morgan fingerprint density at radius 3 is 2.60 bits per heavy atom. The molecule has 0 fully saturated rings. The van der Waals surface area contributed by atoms with Gasteiger partial charge in [-0.25, -0.2) is 4.39 Å². The lowest BCUT2D eigenvalue weighted by Crippen LogP contribution is -2.00. The molecule has 0 aliphatic carbocycles. The van der Waals surface area contributed by atoms with Gasteiger partial charge in [0.25, 0.3) is 0 Å². The molecule has 20 heavy (non-hydrogen) atoms. The first-order valence-electron chi connectivity index (χ1n) is 5.65. The fraction of sp³-hybridized carbons (Fsp3) is 0.0667. The van der Waals surface area contributed by atoms with E-state index in [4.69, 9.17) is 26.9 Å². The van der Waals surface area contributed by atoms with Crippen LogP contribution in [0.2, 0.25) is 5.02 Å². The van der Waals surface area contributed by atoms with Gasteiger partial charge in [0, 0.05) is 16.7 Å². The predicted molar refractivity (Wildman–Crippen MR) is 71.6 cm³/mol. The van der Waals surface area contributed by atoms with Gasteiger partial charge in [-0.05, 0) is 30.3 Å². The lowest BCUT2D eigenvalue weighted by Gasteiger charge is -2.09. The Kier molecular flexibility index (Phi) is 4.20. The lowest BCUT2D eigenvalue weighted by atomic mass is 10.1. The van der Waals surface area contributed by atoms with E-state index in [9.17, 15) is 4.39 Å². The number of nitriles is 2. The first kappa shape index (κ1) is 13.9. The summed E-state index contributed by atoms with van der Waals surface area (Å²) in [4.78, 5) is 0. The van der Waals surface area contributed by atoms with E-state index in [1.807, 2.05) is 12.1 Å². The number of hydrogen-bond donors (Lipinski definition) is 0. The molecule has 2 aromatic rings. The van der Waals surface area contributed by atoms with Gasteiger partial charge in [-0.1, -0.05) is 11.6 Å². The Bertz CT molecular complexity index is 732. The molecule has 0 heterocycles. The number of hydrogen-bond acceptors (Lipinski definition) is 3. The highest BCUT2D eigenvalue weighted by Crippen LogP contribution is 2.24. The van der Waals surface area contributed by atoms with Gasteiger partial charge in [0.2, 0.25) is 0 Å². The van der Waals surface area contributed by atoms with Crippen molar-refractivity contribution >= 4 is 11.6 Å². The van der Waals surface area contributed by atoms with Crippen molar-refractivity contribution in [3.05, 3.63) is 63.9 Å². The van der Waals surface area contributed by atoms with Crippen LogP contribution in [0.5, 0.6) is 5.75 Å². The zero-order valence-electron chi connectivity index (χ0n) is 10.2. The molecular weight excluding hydrogens is 279 g/mol. The molecular formula is C15H8ClFN2O. The quantitative estimate of drug-likeness (QED) is 0.862. The maximum absolute atomic E-state index is 13.6. The SMILES string of the molecule is N#Cc1ccc(F)c(COc2cc(Cl)ccc2C#N)c1. The highest BCUT2D eigenvalue weighted by Gasteiger charge is 2.08. The van der Waals surface area contributed by atoms with Crippen molar-refractivity contribution in [1.29, 1.82) is 10.5 Å². The van der Waals surface area contributed by atoms with Crippen LogP contribution in [0.4, 0.5) is 4.39 Å². The van der Waals surface area contributed by atoms with Crippen molar-refractivity contribution in [2.24, 2.45) is 0 Å². The summed E-state index contributed by atoms with van der Waals surface area (Å²) in [5.41, 5.74) is 0.899. The zero-order valence-corrected chi connectivity index (χ0v) is 11.0. The fourth-order valence-electron chi connectivity index (χ4n) is 1.62. The van der Waals surface area contributed by atoms with Crippen LogP contribution in [0.1, 0.15) is 16.7 Å². The molecule has 0 radical (unpaired) electrons. The van der Waals surface area contributed by atoms with Gasteiger partial charge in [0.1, 0.15) is 24.2 Å². The van der Waals surface area contributed by atoms with Crippen LogP contribution in [0.25, 0.3) is 0 Å². The number of ether oxygens (including phenoxy) is 1. The molecule has 0 aliphatic heterocycles. The second-order valence-electron chi connectivity index (χ2n) is 3.96. The molecule has 3 nitrogen and oxygen atoms in total. The number of rotatable bonds is 3. The summed E-state index contributed by atoms with van der Waals surface area (Å²) in [5.74, 6) is -0.189. The van der Waals surface area contributed by atoms with Crippen LogP contribution in [-0.2, 0) is 6.61 Å². The summed E-state index contributed by atoms with van der Waals surface area (Å²) in [5, 5.41) is 18.2. The Hall–Kier alpha value is -2.56. The Labute approximate surface area is 120 Å². The smallest absolute Gasteiger partial charge is 0.139 e. The van der Waals surface area contributed by atoms with Crippen LogP contribution in [0, 0.1) is 28.5 Å². The molecule has 0 atom stereocenters. The second-order valence-corrected chi connectivity index (χ2v) is 4.40. The van der Waals surface area contributed by atoms with E-state index in [1.165, 1.54) is 30.3 Å². The normalized spacial score (nSPS) is 9.60. The van der Waals surface area contributed by atoms with Gasteiger partial charge in [0.15, 0.2) is 0 Å². The van der Waals surface area contributed by atoms with Crippen molar-refractivity contribution < 1.29 is 9.13 Å². The van der Waals surface area contributed by atoms with Gasteiger partial charge >= 0.3 is 0 Å². The summed E-state index contributed by atoms with van der Waals surface area (Å²) < 4.78 is 19.0. The minimum Gasteiger partial charge on any atom is -0.487 e. The van der Waals surface area contributed by atoms with Crippen molar-refractivity contribution in [2.75, 3.05) is 0 Å². The molecule has 0 bridgehead atoms. The highest BCUT2D eigenvalue weighted by atomic mass is 35.5. The van der Waals surface area contributed by atoms with E-state index in [2.05, 4.69) is 0 Å². The third kappa shape index (κ3) is 3.06. The maximum Gasteiger partial charge on any atom is 0.139 e. The summed E-state index contributed by atoms with van der Waals surface area (Å²) in [6, 6.07) is 12.5. The van der Waals surface area contributed by atoms with Crippen LogP contribution < -0.4 is 4.74 Å². The molecule has 2 rings (SSSR count). The molecule has 98 valence electrons. The molecule has 5 heteroatoms. The Balaban J connectivity index is 2.23. The number of benzene rings is 2. The molecule has 0 amide bonds.